The highest BCUT2D eigenvalue weighted by Gasteiger charge is 2.12. The van der Waals surface area contributed by atoms with Crippen molar-refractivity contribution in [2.24, 2.45) is 0 Å². The Balaban J connectivity index is 2.33. The van der Waals surface area contributed by atoms with Gasteiger partial charge in [-0.3, -0.25) is 0 Å². The lowest BCUT2D eigenvalue weighted by Crippen LogP contribution is -2.01. The molecule has 2 aromatic rings. The normalized spacial score (nSPS) is 10.5. The van der Waals surface area contributed by atoms with Crippen molar-refractivity contribution in [1.82, 2.24) is 0 Å². The zero-order chi connectivity index (χ0) is 17.4. The second kappa shape index (κ2) is 8.58. The molecule has 0 aromatic heterocycles. The topological polar surface area (TPSA) is 55.8 Å². The van der Waals surface area contributed by atoms with Crippen molar-refractivity contribution in [3.8, 4) is 11.5 Å². The van der Waals surface area contributed by atoms with Crippen LogP contribution in [0, 0.1) is 0 Å². The highest BCUT2D eigenvalue weighted by atomic mass is 16.5. The van der Waals surface area contributed by atoms with E-state index in [1.54, 1.807) is 19.3 Å². The molecule has 2 rings (SSSR count). The maximum atomic E-state index is 10.7. The standard InChI is InChI=1S/C20H20O4/c1-3-7-17-12-16(10-11-19(21)22)13-18(23-2)20(17)24-14-15-8-5-4-6-9-15/h3-6,8-13H,1,7,14H2,2H3,(H,21,22)/b11-10+. The Labute approximate surface area is 141 Å². The SMILES string of the molecule is C=CCc1cc(/C=C/C(=O)O)cc(OC)c1OCc1ccccc1. The maximum Gasteiger partial charge on any atom is 0.328 e. The van der Waals surface area contributed by atoms with Gasteiger partial charge in [0, 0.05) is 11.6 Å². The number of ether oxygens (including phenoxy) is 2. The fourth-order valence-electron chi connectivity index (χ4n) is 2.30. The molecule has 0 saturated heterocycles. The van der Waals surface area contributed by atoms with E-state index in [1.807, 2.05) is 36.4 Å². The van der Waals surface area contributed by atoms with Crippen molar-refractivity contribution < 1.29 is 19.4 Å². The van der Waals surface area contributed by atoms with Gasteiger partial charge in [-0.1, -0.05) is 36.4 Å². The molecule has 4 heteroatoms. The van der Waals surface area contributed by atoms with Gasteiger partial charge < -0.3 is 14.6 Å². The minimum atomic E-state index is -0.997. The van der Waals surface area contributed by atoms with Gasteiger partial charge in [0.2, 0.25) is 0 Å². The Kier molecular flexibility index (Phi) is 6.20. The zero-order valence-corrected chi connectivity index (χ0v) is 13.6. The third-order valence-electron chi connectivity index (χ3n) is 3.38. The van der Waals surface area contributed by atoms with E-state index in [9.17, 15) is 4.79 Å². The summed E-state index contributed by atoms with van der Waals surface area (Å²) in [6, 6.07) is 13.5. The predicted octanol–water partition coefficient (Wildman–Crippen LogP) is 4.10. The molecule has 124 valence electrons. The van der Waals surface area contributed by atoms with Crippen molar-refractivity contribution in [3.05, 3.63) is 77.9 Å². The van der Waals surface area contributed by atoms with Crippen LogP contribution in [0.5, 0.6) is 11.5 Å². The lowest BCUT2D eigenvalue weighted by Gasteiger charge is -2.16. The largest absolute Gasteiger partial charge is 0.493 e. The Morgan fingerprint density at radius 1 is 1.25 bits per heavy atom. The Morgan fingerprint density at radius 3 is 2.62 bits per heavy atom. The molecule has 0 fully saturated rings. The molecule has 1 N–H and O–H groups in total. The fraction of sp³-hybridized carbons (Fsp3) is 0.150. The van der Waals surface area contributed by atoms with Crippen molar-refractivity contribution in [2.75, 3.05) is 7.11 Å². The molecular formula is C20H20O4. The van der Waals surface area contributed by atoms with Gasteiger partial charge in [0.25, 0.3) is 0 Å². The lowest BCUT2D eigenvalue weighted by atomic mass is 10.0. The first-order chi connectivity index (χ1) is 11.6. The molecule has 0 aliphatic heterocycles. The quantitative estimate of drug-likeness (QED) is 0.587. The molecule has 0 bridgehead atoms. The Hall–Kier alpha value is -3.01. The van der Waals surface area contributed by atoms with Crippen LogP contribution in [0.3, 0.4) is 0 Å². The number of carboxylic acid groups (broad SMARTS) is 1. The molecule has 0 aliphatic rings. The second-order valence-corrected chi connectivity index (χ2v) is 5.15. The number of rotatable bonds is 8. The van der Waals surface area contributed by atoms with Crippen LogP contribution < -0.4 is 9.47 Å². The highest BCUT2D eigenvalue weighted by Crippen LogP contribution is 2.34. The first kappa shape index (κ1) is 17.3. The van der Waals surface area contributed by atoms with Gasteiger partial charge in [-0.25, -0.2) is 4.79 Å². The summed E-state index contributed by atoms with van der Waals surface area (Å²) in [6.07, 6.45) is 4.99. The highest BCUT2D eigenvalue weighted by molar-refractivity contribution is 5.85. The van der Waals surface area contributed by atoms with Crippen molar-refractivity contribution in [2.45, 2.75) is 13.0 Å². The van der Waals surface area contributed by atoms with Gasteiger partial charge in [-0.2, -0.15) is 0 Å². The van der Waals surface area contributed by atoms with Gasteiger partial charge in [-0.05, 0) is 35.8 Å². The molecule has 0 amide bonds. The van der Waals surface area contributed by atoms with E-state index in [0.29, 0.717) is 24.5 Å². The first-order valence-corrected chi connectivity index (χ1v) is 7.53. The van der Waals surface area contributed by atoms with Gasteiger partial charge >= 0.3 is 5.97 Å². The first-order valence-electron chi connectivity index (χ1n) is 7.53. The average Bonchev–Trinajstić information content (AvgIpc) is 2.59. The molecule has 0 aliphatic carbocycles. The number of carboxylic acids is 1. The van der Waals surface area contributed by atoms with Crippen molar-refractivity contribution in [1.29, 1.82) is 0 Å². The number of benzene rings is 2. The molecule has 0 heterocycles. The summed E-state index contributed by atoms with van der Waals surface area (Å²) in [6.45, 7) is 4.19. The molecule has 0 atom stereocenters. The fourth-order valence-corrected chi connectivity index (χ4v) is 2.30. The van der Waals surface area contributed by atoms with Gasteiger partial charge in [-0.15, -0.1) is 6.58 Å². The van der Waals surface area contributed by atoms with Crippen LogP contribution in [-0.4, -0.2) is 18.2 Å². The summed E-state index contributed by atoms with van der Waals surface area (Å²) < 4.78 is 11.4. The molecule has 0 spiro atoms. The van der Waals surface area contributed by atoms with Gasteiger partial charge in [0.05, 0.1) is 7.11 Å². The van der Waals surface area contributed by atoms with E-state index in [-0.39, 0.29) is 0 Å². The minimum Gasteiger partial charge on any atom is -0.493 e. The monoisotopic (exact) mass is 324 g/mol. The summed E-state index contributed by atoms with van der Waals surface area (Å²) in [7, 11) is 1.56. The molecular weight excluding hydrogens is 304 g/mol. The van der Waals surface area contributed by atoms with E-state index < -0.39 is 5.97 Å². The summed E-state index contributed by atoms with van der Waals surface area (Å²) in [5.74, 6) is 0.215. The van der Waals surface area contributed by atoms with Gasteiger partial charge in [0.15, 0.2) is 11.5 Å². The van der Waals surface area contributed by atoms with Crippen LogP contribution in [-0.2, 0) is 17.8 Å². The third kappa shape index (κ3) is 4.74. The van der Waals surface area contributed by atoms with Crippen LogP contribution >= 0.6 is 0 Å². The molecule has 4 nitrogen and oxygen atoms in total. The van der Waals surface area contributed by atoms with E-state index in [0.717, 1.165) is 22.8 Å². The Morgan fingerprint density at radius 2 is 2.00 bits per heavy atom. The van der Waals surface area contributed by atoms with Gasteiger partial charge in [0.1, 0.15) is 6.61 Å². The van der Waals surface area contributed by atoms with Crippen molar-refractivity contribution >= 4 is 12.0 Å². The molecule has 2 aromatic carbocycles. The van der Waals surface area contributed by atoms with E-state index >= 15 is 0 Å². The summed E-state index contributed by atoms with van der Waals surface area (Å²) in [5.41, 5.74) is 2.68. The van der Waals surface area contributed by atoms with E-state index in [2.05, 4.69) is 6.58 Å². The molecule has 0 unspecified atom stereocenters. The lowest BCUT2D eigenvalue weighted by molar-refractivity contribution is -0.131. The van der Waals surface area contributed by atoms with Crippen LogP contribution in [0.1, 0.15) is 16.7 Å². The third-order valence-corrected chi connectivity index (χ3v) is 3.38. The molecule has 0 saturated carbocycles. The predicted molar refractivity (Wildman–Crippen MR) is 94.3 cm³/mol. The number of hydrogen-bond acceptors (Lipinski definition) is 3. The number of aliphatic carboxylic acids is 1. The molecule has 0 radical (unpaired) electrons. The zero-order valence-electron chi connectivity index (χ0n) is 13.6. The Bertz CT molecular complexity index is 733. The summed E-state index contributed by atoms with van der Waals surface area (Å²) in [4.78, 5) is 10.7. The average molecular weight is 324 g/mol. The van der Waals surface area contributed by atoms with Crippen LogP contribution in [0.4, 0.5) is 0 Å². The molecule has 24 heavy (non-hydrogen) atoms. The number of allylic oxidation sites excluding steroid dienone is 1. The van der Waals surface area contributed by atoms with E-state index in [4.69, 9.17) is 14.6 Å². The summed E-state index contributed by atoms with van der Waals surface area (Å²) >= 11 is 0. The maximum absolute atomic E-state index is 10.7. The number of carbonyl (C=O) groups is 1. The van der Waals surface area contributed by atoms with Crippen LogP contribution in [0.15, 0.2) is 61.2 Å². The number of methoxy groups -OCH3 is 1. The summed E-state index contributed by atoms with van der Waals surface area (Å²) in [5, 5.41) is 8.78. The van der Waals surface area contributed by atoms with E-state index in [1.165, 1.54) is 6.08 Å². The number of hydrogen-bond donors (Lipinski definition) is 1. The van der Waals surface area contributed by atoms with Crippen LogP contribution in [0.2, 0.25) is 0 Å². The van der Waals surface area contributed by atoms with Crippen molar-refractivity contribution in [3.63, 3.8) is 0 Å². The second-order valence-electron chi connectivity index (χ2n) is 5.15. The minimum absolute atomic E-state index is 0.422. The smallest absolute Gasteiger partial charge is 0.328 e. The van der Waals surface area contributed by atoms with Crippen LogP contribution in [0.25, 0.3) is 6.08 Å².